The maximum atomic E-state index is 12.6. The van der Waals surface area contributed by atoms with Gasteiger partial charge in [0, 0.05) is 24.4 Å². The molecule has 2 aromatic rings. The second kappa shape index (κ2) is 8.04. The molecule has 1 aliphatic carbocycles. The highest BCUT2D eigenvalue weighted by molar-refractivity contribution is 5.54. The summed E-state index contributed by atoms with van der Waals surface area (Å²) in [4.78, 5) is 3.96. The number of aromatic nitrogens is 1. The Morgan fingerprint density at radius 2 is 2.08 bits per heavy atom. The third kappa shape index (κ3) is 4.94. The van der Waals surface area contributed by atoms with Crippen LogP contribution in [0, 0.1) is 0 Å². The number of hydrogen-bond donors (Lipinski definition) is 1. The minimum Gasteiger partial charge on any atom is -0.317 e. The fourth-order valence-corrected chi connectivity index (χ4v) is 3.41. The summed E-state index contributed by atoms with van der Waals surface area (Å²) in [5.41, 5.74) is 3.56. The number of rotatable bonds is 4. The van der Waals surface area contributed by atoms with Gasteiger partial charge in [-0.3, -0.25) is 4.98 Å². The molecule has 0 amide bonds. The molecule has 0 bridgehead atoms. The molecule has 1 aromatic carbocycles. The molecule has 0 spiro atoms. The van der Waals surface area contributed by atoms with Gasteiger partial charge in [-0.2, -0.15) is 13.2 Å². The molecule has 1 saturated carbocycles. The number of nitrogens with zero attached hydrogens (tertiary/aromatic N) is 1. The summed E-state index contributed by atoms with van der Waals surface area (Å²) < 4.78 is 37.9. The first-order chi connectivity index (χ1) is 12.4. The summed E-state index contributed by atoms with van der Waals surface area (Å²) >= 11 is 0. The van der Waals surface area contributed by atoms with Gasteiger partial charge in [0.2, 0.25) is 0 Å². The van der Waals surface area contributed by atoms with Gasteiger partial charge < -0.3 is 5.32 Å². The fraction of sp³-hybridized carbons (Fsp3) is 0.381. The van der Waals surface area contributed by atoms with E-state index in [2.05, 4.69) is 28.5 Å². The topological polar surface area (TPSA) is 24.9 Å². The Hall–Kier alpha value is -2.14. The highest BCUT2D eigenvalue weighted by atomic mass is 19.4. The number of halogens is 3. The maximum Gasteiger partial charge on any atom is 0.417 e. The Kier molecular flexibility index (Phi) is 5.77. The van der Waals surface area contributed by atoms with Crippen LogP contribution in [-0.2, 0) is 12.6 Å². The number of hydrogen-bond acceptors (Lipinski definition) is 2. The molecule has 5 heteroatoms. The highest BCUT2D eigenvalue weighted by Crippen LogP contribution is 2.29. The SMILES string of the molecule is CNC1CCC/C(=C\c2cccc(Cc3ccc(C(F)(F)F)cn3)c2)C1. The Labute approximate surface area is 152 Å². The van der Waals surface area contributed by atoms with Gasteiger partial charge in [-0.1, -0.05) is 35.9 Å². The zero-order valence-corrected chi connectivity index (χ0v) is 14.8. The standard InChI is InChI=1S/C21H23F3N2/c1-25-19-7-3-6-16(12-19)10-15-4-2-5-17(11-15)13-20-9-8-18(14-26-20)21(22,23)24/h2,4-5,8-11,14,19,25H,3,6-7,12-13H2,1H3/b16-10+. The Morgan fingerprint density at radius 3 is 2.77 bits per heavy atom. The van der Waals surface area contributed by atoms with Crippen LogP contribution in [0.5, 0.6) is 0 Å². The number of alkyl halides is 3. The first-order valence-corrected chi connectivity index (χ1v) is 8.92. The van der Waals surface area contributed by atoms with Crippen molar-refractivity contribution in [3.8, 4) is 0 Å². The van der Waals surface area contributed by atoms with Gasteiger partial charge in [0.25, 0.3) is 0 Å². The van der Waals surface area contributed by atoms with Crippen molar-refractivity contribution in [3.05, 3.63) is 70.6 Å². The molecule has 1 unspecified atom stereocenters. The Morgan fingerprint density at radius 1 is 1.23 bits per heavy atom. The predicted octanol–water partition coefficient (Wildman–Crippen LogP) is 5.24. The summed E-state index contributed by atoms with van der Waals surface area (Å²) in [7, 11) is 2.01. The van der Waals surface area contributed by atoms with Crippen LogP contribution < -0.4 is 5.32 Å². The minimum absolute atomic E-state index is 0.522. The van der Waals surface area contributed by atoms with E-state index in [1.807, 2.05) is 19.2 Å². The van der Waals surface area contributed by atoms with Gasteiger partial charge in [-0.05, 0) is 56.0 Å². The monoisotopic (exact) mass is 360 g/mol. The van der Waals surface area contributed by atoms with Crippen LogP contribution in [0.2, 0.25) is 0 Å². The van der Waals surface area contributed by atoms with Gasteiger partial charge in [-0.25, -0.2) is 0 Å². The molecule has 0 aliphatic heterocycles. The molecular formula is C21H23F3N2. The van der Waals surface area contributed by atoms with E-state index in [4.69, 9.17) is 0 Å². The molecule has 0 radical (unpaired) electrons. The highest BCUT2D eigenvalue weighted by Gasteiger charge is 2.30. The second-order valence-electron chi connectivity index (χ2n) is 6.84. The van der Waals surface area contributed by atoms with Gasteiger partial charge in [0.15, 0.2) is 0 Å². The van der Waals surface area contributed by atoms with E-state index < -0.39 is 11.7 Å². The number of nitrogens with one attached hydrogen (secondary N) is 1. The minimum atomic E-state index is -4.34. The van der Waals surface area contributed by atoms with Crippen molar-refractivity contribution in [2.24, 2.45) is 0 Å². The Balaban J connectivity index is 1.71. The molecule has 2 nitrogen and oxygen atoms in total. The lowest BCUT2D eigenvalue weighted by Crippen LogP contribution is -2.28. The van der Waals surface area contributed by atoms with Crippen LogP contribution in [0.1, 0.15) is 48.1 Å². The number of benzene rings is 1. The zero-order chi connectivity index (χ0) is 18.6. The first kappa shape index (κ1) is 18.6. The summed E-state index contributed by atoms with van der Waals surface area (Å²) in [5, 5.41) is 3.35. The van der Waals surface area contributed by atoms with Crippen molar-refractivity contribution >= 4 is 6.08 Å². The summed E-state index contributed by atoms with van der Waals surface area (Å²) in [6.07, 6.45) is 3.94. The predicted molar refractivity (Wildman–Crippen MR) is 97.8 cm³/mol. The quantitative estimate of drug-likeness (QED) is 0.807. The maximum absolute atomic E-state index is 12.6. The Bertz CT molecular complexity index is 764. The molecular weight excluding hydrogens is 337 g/mol. The molecule has 138 valence electrons. The smallest absolute Gasteiger partial charge is 0.317 e. The summed E-state index contributed by atoms with van der Waals surface area (Å²) in [6.45, 7) is 0. The molecule has 1 atom stereocenters. The zero-order valence-electron chi connectivity index (χ0n) is 14.8. The van der Waals surface area contributed by atoms with Crippen molar-refractivity contribution in [2.75, 3.05) is 7.05 Å². The van der Waals surface area contributed by atoms with E-state index in [-0.39, 0.29) is 0 Å². The van der Waals surface area contributed by atoms with Gasteiger partial charge >= 0.3 is 6.18 Å². The van der Waals surface area contributed by atoms with Crippen LogP contribution in [0.25, 0.3) is 6.08 Å². The van der Waals surface area contributed by atoms with E-state index in [0.717, 1.165) is 36.2 Å². The van der Waals surface area contributed by atoms with E-state index in [1.165, 1.54) is 24.5 Å². The normalized spacial score (nSPS) is 19.7. The lowest BCUT2D eigenvalue weighted by molar-refractivity contribution is -0.137. The van der Waals surface area contributed by atoms with Crippen LogP contribution in [0.4, 0.5) is 13.2 Å². The lowest BCUT2D eigenvalue weighted by Gasteiger charge is -2.23. The third-order valence-corrected chi connectivity index (χ3v) is 4.83. The van der Waals surface area contributed by atoms with Crippen molar-refractivity contribution in [1.29, 1.82) is 0 Å². The van der Waals surface area contributed by atoms with Crippen LogP contribution in [0.15, 0.2) is 48.2 Å². The summed E-state index contributed by atoms with van der Waals surface area (Å²) in [6, 6.07) is 11.2. The molecule has 26 heavy (non-hydrogen) atoms. The van der Waals surface area contributed by atoms with Crippen molar-refractivity contribution in [2.45, 2.75) is 44.3 Å². The average molecular weight is 360 g/mol. The first-order valence-electron chi connectivity index (χ1n) is 8.92. The molecule has 0 saturated heterocycles. The van der Waals surface area contributed by atoms with Crippen molar-refractivity contribution in [3.63, 3.8) is 0 Å². The van der Waals surface area contributed by atoms with E-state index >= 15 is 0 Å². The van der Waals surface area contributed by atoms with Crippen LogP contribution in [-0.4, -0.2) is 18.1 Å². The van der Waals surface area contributed by atoms with Gasteiger partial charge in [0.1, 0.15) is 0 Å². The van der Waals surface area contributed by atoms with E-state index in [0.29, 0.717) is 18.2 Å². The molecule has 1 heterocycles. The van der Waals surface area contributed by atoms with E-state index in [9.17, 15) is 13.2 Å². The van der Waals surface area contributed by atoms with Crippen LogP contribution in [0.3, 0.4) is 0 Å². The molecule has 1 aromatic heterocycles. The van der Waals surface area contributed by atoms with Crippen LogP contribution >= 0.6 is 0 Å². The largest absolute Gasteiger partial charge is 0.417 e. The lowest BCUT2D eigenvalue weighted by atomic mass is 9.89. The molecule has 1 N–H and O–H groups in total. The second-order valence-corrected chi connectivity index (χ2v) is 6.84. The average Bonchev–Trinajstić information content (AvgIpc) is 2.62. The van der Waals surface area contributed by atoms with E-state index in [1.54, 1.807) is 0 Å². The van der Waals surface area contributed by atoms with Gasteiger partial charge in [0.05, 0.1) is 5.56 Å². The molecule has 3 rings (SSSR count). The van der Waals surface area contributed by atoms with Crippen molar-refractivity contribution < 1.29 is 13.2 Å². The fourth-order valence-electron chi connectivity index (χ4n) is 3.41. The third-order valence-electron chi connectivity index (χ3n) is 4.83. The number of pyridine rings is 1. The molecule has 1 aliphatic rings. The molecule has 1 fully saturated rings. The van der Waals surface area contributed by atoms with Gasteiger partial charge in [-0.15, -0.1) is 0 Å². The van der Waals surface area contributed by atoms with Crippen molar-refractivity contribution in [1.82, 2.24) is 10.3 Å². The summed E-state index contributed by atoms with van der Waals surface area (Å²) in [5.74, 6) is 0.